The summed E-state index contributed by atoms with van der Waals surface area (Å²) in [4.78, 5) is 25.5. The predicted octanol–water partition coefficient (Wildman–Crippen LogP) is 3.37. The summed E-state index contributed by atoms with van der Waals surface area (Å²) in [5, 5.41) is 0. The number of carbonyl (C=O) groups excluding carboxylic acids is 2. The Balaban J connectivity index is 1.18. The minimum absolute atomic E-state index is 0.0901. The third kappa shape index (κ3) is 2.24. The van der Waals surface area contributed by atoms with E-state index < -0.39 is 28.9 Å². The average molecular weight is 491 g/mol. The number of benzene rings is 1. The summed E-state index contributed by atoms with van der Waals surface area (Å²) in [6.07, 6.45) is 4.66. The summed E-state index contributed by atoms with van der Waals surface area (Å²) < 4.78 is 31.6. The number of hydrogen-bond acceptors (Lipinski definition) is 7. The van der Waals surface area contributed by atoms with Crippen LogP contribution in [-0.4, -0.2) is 59.8 Å². The molecule has 0 N–H and O–H groups in total. The Morgan fingerprint density at radius 2 is 1.94 bits per heavy atom. The fourth-order valence-electron chi connectivity index (χ4n) is 8.73. The van der Waals surface area contributed by atoms with Crippen LogP contribution >= 0.6 is 0 Å². The van der Waals surface area contributed by atoms with Gasteiger partial charge in [0, 0.05) is 17.1 Å². The van der Waals surface area contributed by atoms with Gasteiger partial charge in [0.1, 0.15) is 30.0 Å². The molecule has 0 aromatic heterocycles. The number of hydrogen-bond donors (Lipinski definition) is 0. The van der Waals surface area contributed by atoms with Crippen molar-refractivity contribution in [3.63, 3.8) is 0 Å². The Kier molecular flexibility index (Phi) is 3.90. The lowest BCUT2D eigenvalue weighted by Gasteiger charge is -2.53. The Morgan fingerprint density at radius 1 is 1.14 bits per heavy atom. The molecule has 2 saturated carbocycles. The molecule has 8 rings (SSSR count). The van der Waals surface area contributed by atoms with Gasteiger partial charge in [-0.1, -0.05) is 51.1 Å². The predicted molar refractivity (Wildman–Crippen MR) is 126 cm³/mol. The molecule has 0 radical (unpaired) electrons. The molecule has 7 nitrogen and oxygen atoms in total. The van der Waals surface area contributed by atoms with E-state index in [0.717, 1.165) is 29.6 Å². The highest BCUT2D eigenvalue weighted by Crippen LogP contribution is 2.83. The maximum Gasteiger partial charge on any atom is 0.334 e. The summed E-state index contributed by atoms with van der Waals surface area (Å²) in [6.45, 7) is 6.89. The Morgan fingerprint density at radius 3 is 2.72 bits per heavy atom. The molecule has 5 fully saturated rings. The molecule has 36 heavy (non-hydrogen) atoms. The van der Waals surface area contributed by atoms with Crippen LogP contribution in [0.3, 0.4) is 0 Å². The normalized spacial score (nSPS) is 48.8. The molecule has 2 spiro atoms. The fraction of sp³-hybridized carbons (Fsp3) is 0.586. The number of esters is 2. The fourth-order valence-corrected chi connectivity index (χ4v) is 8.73. The largest absolute Gasteiger partial charge is 0.458 e. The van der Waals surface area contributed by atoms with E-state index in [1.807, 2.05) is 30.3 Å². The van der Waals surface area contributed by atoms with Crippen LogP contribution in [0, 0.1) is 17.3 Å². The van der Waals surface area contributed by atoms with Crippen molar-refractivity contribution in [1.29, 1.82) is 0 Å². The molecule has 3 saturated heterocycles. The van der Waals surface area contributed by atoms with Gasteiger partial charge in [0.05, 0.1) is 6.10 Å². The van der Waals surface area contributed by atoms with Gasteiger partial charge >= 0.3 is 11.9 Å². The maximum atomic E-state index is 13.2. The molecule has 7 aliphatic rings. The smallest absolute Gasteiger partial charge is 0.334 e. The van der Waals surface area contributed by atoms with E-state index in [2.05, 4.69) is 20.8 Å². The van der Waals surface area contributed by atoms with Crippen LogP contribution in [0.1, 0.15) is 45.6 Å². The monoisotopic (exact) mass is 490 g/mol. The molecular weight excluding hydrogens is 460 g/mol. The maximum absolute atomic E-state index is 13.2. The summed E-state index contributed by atoms with van der Waals surface area (Å²) in [6, 6.07) is 9.71. The lowest BCUT2D eigenvalue weighted by atomic mass is 9.46. The van der Waals surface area contributed by atoms with Gasteiger partial charge in [-0.15, -0.1) is 0 Å². The SMILES string of the molecule is CC(C)[C@]12O[C@H]1[C@@H]1O[C@]13[C@]1(O[C@H]1C[C@H]1C4=C(CC[C@@]13C)C(=O)OC4)[C@@H]2OC(=O)/C=C/c1ccccc1. The molecule has 0 amide bonds. The summed E-state index contributed by atoms with van der Waals surface area (Å²) in [7, 11) is 0. The van der Waals surface area contributed by atoms with Crippen LogP contribution in [0.25, 0.3) is 6.08 Å². The first-order chi connectivity index (χ1) is 17.3. The third-order valence-corrected chi connectivity index (χ3v) is 10.5. The number of cyclic esters (lactones) is 1. The van der Waals surface area contributed by atoms with Crippen LogP contribution in [0.4, 0.5) is 0 Å². The molecule has 188 valence electrons. The molecule has 1 aromatic rings. The van der Waals surface area contributed by atoms with Gasteiger partial charge in [0.25, 0.3) is 0 Å². The summed E-state index contributed by atoms with van der Waals surface area (Å²) >= 11 is 0. The minimum Gasteiger partial charge on any atom is -0.458 e. The highest BCUT2D eigenvalue weighted by molar-refractivity contribution is 5.92. The minimum atomic E-state index is -0.724. The highest BCUT2D eigenvalue weighted by Gasteiger charge is 3.01. The van der Waals surface area contributed by atoms with Crippen molar-refractivity contribution >= 4 is 18.0 Å². The van der Waals surface area contributed by atoms with Crippen molar-refractivity contribution in [2.24, 2.45) is 17.3 Å². The highest BCUT2D eigenvalue weighted by atomic mass is 16.8. The number of ether oxygens (including phenoxy) is 5. The first-order valence-electron chi connectivity index (χ1n) is 13.2. The standard InChI is InChI=1S/C29H30O7/c1-15(2)27-22(35-27)23-29(36-23)26(3)12-11-17-18(14-32-24(17)31)19(26)13-20-28(29,34-20)25(27)33-21(30)10-9-16-7-5-4-6-8-16/h4-10,15,19-20,22-23,25H,11-14H2,1-3H3/b10-9+/t19-,20-,22-,23-,25+,26-,27-,28+,29+/m0/s1. The van der Waals surface area contributed by atoms with Gasteiger partial charge in [0.15, 0.2) is 11.7 Å². The van der Waals surface area contributed by atoms with E-state index in [0.29, 0.717) is 13.0 Å². The molecular formula is C29H30O7. The van der Waals surface area contributed by atoms with Crippen LogP contribution < -0.4 is 0 Å². The Labute approximate surface area is 209 Å². The van der Waals surface area contributed by atoms with Crippen molar-refractivity contribution in [3.05, 3.63) is 53.1 Å². The van der Waals surface area contributed by atoms with Crippen LogP contribution in [0.15, 0.2) is 47.6 Å². The number of rotatable bonds is 4. The van der Waals surface area contributed by atoms with Gasteiger partial charge in [0.2, 0.25) is 0 Å². The van der Waals surface area contributed by atoms with Gasteiger partial charge in [-0.25, -0.2) is 9.59 Å². The van der Waals surface area contributed by atoms with Crippen LogP contribution in [0.2, 0.25) is 0 Å². The summed E-state index contributed by atoms with van der Waals surface area (Å²) in [5.41, 5.74) is 0.734. The van der Waals surface area contributed by atoms with E-state index in [4.69, 9.17) is 23.7 Å². The molecule has 1 aromatic carbocycles. The van der Waals surface area contributed by atoms with E-state index in [-0.39, 0.29) is 41.5 Å². The van der Waals surface area contributed by atoms with Crippen molar-refractivity contribution in [2.75, 3.05) is 6.61 Å². The van der Waals surface area contributed by atoms with Crippen molar-refractivity contribution in [2.45, 2.75) is 81.3 Å². The summed E-state index contributed by atoms with van der Waals surface area (Å²) in [5.74, 6) is -0.284. The molecule has 4 heterocycles. The van der Waals surface area contributed by atoms with Crippen LogP contribution in [-0.2, 0) is 33.3 Å². The van der Waals surface area contributed by atoms with Gasteiger partial charge < -0.3 is 23.7 Å². The zero-order valence-corrected chi connectivity index (χ0v) is 20.7. The van der Waals surface area contributed by atoms with Gasteiger partial charge in [-0.05, 0) is 48.3 Å². The first kappa shape index (κ1) is 21.6. The number of fused-ring (bicyclic) bond motifs is 4. The van der Waals surface area contributed by atoms with E-state index in [1.165, 1.54) is 6.08 Å². The third-order valence-electron chi connectivity index (χ3n) is 10.5. The zero-order valence-electron chi connectivity index (χ0n) is 20.7. The molecule has 9 atom stereocenters. The average Bonchev–Trinajstić information content (AvgIpc) is 3.77. The molecule has 4 aliphatic heterocycles. The Hall–Kier alpha value is -2.48. The first-order valence-corrected chi connectivity index (χ1v) is 13.2. The quantitative estimate of drug-likeness (QED) is 0.363. The molecule has 7 heteroatoms. The Bertz CT molecular complexity index is 1270. The molecule has 0 unspecified atom stereocenters. The second kappa shape index (κ2) is 6.50. The van der Waals surface area contributed by atoms with Crippen molar-refractivity contribution in [3.8, 4) is 0 Å². The van der Waals surface area contributed by atoms with Gasteiger partial charge in [-0.2, -0.15) is 0 Å². The van der Waals surface area contributed by atoms with E-state index in [9.17, 15) is 9.59 Å². The van der Waals surface area contributed by atoms with Gasteiger partial charge in [-0.3, -0.25) is 0 Å². The van der Waals surface area contributed by atoms with E-state index >= 15 is 0 Å². The second-order valence-corrected chi connectivity index (χ2v) is 12.1. The zero-order chi connectivity index (χ0) is 24.7. The van der Waals surface area contributed by atoms with Crippen molar-refractivity contribution in [1.82, 2.24) is 0 Å². The van der Waals surface area contributed by atoms with Crippen LogP contribution in [0.5, 0.6) is 0 Å². The molecule has 0 bridgehead atoms. The number of carbonyl (C=O) groups is 2. The molecule has 3 aliphatic carbocycles. The van der Waals surface area contributed by atoms with Crippen molar-refractivity contribution < 1.29 is 33.3 Å². The topological polar surface area (TPSA) is 90.2 Å². The lowest BCUT2D eigenvalue weighted by Crippen LogP contribution is -2.70. The lowest BCUT2D eigenvalue weighted by molar-refractivity contribution is -0.163. The van der Waals surface area contributed by atoms with E-state index in [1.54, 1.807) is 6.08 Å². The number of epoxide rings is 3. The second-order valence-electron chi connectivity index (χ2n) is 12.1.